The SMILES string of the molecule is O=S(=O)(c1ccccc1)N1CC=C(c2c[nH]c3ccc(Cl)cc23)CC1. The lowest BCUT2D eigenvalue weighted by Gasteiger charge is -2.25. The van der Waals surface area contributed by atoms with Gasteiger partial charge in [-0.1, -0.05) is 35.9 Å². The summed E-state index contributed by atoms with van der Waals surface area (Å²) in [6, 6.07) is 14.3. The van der Waals surface area contributed by atoms with Gasteiger partial charge in [-0.3, -0.25) is 0 Å². The second kappa shape index (κ2) is 6.33. The van der Waals surface area contributed by atoms with Crippen LogP contribution >= 0.6 is 11.6 Å². The summed E-state index contributed by atoms with van der Waals surface area (Å²) in [4.78, 5) is 3.59. The number of benzene rings is 2. The summed E-state index contributed by atoms with van der Waals surface area (Å²) in [6.45, 7) is 0.843. The van der Waals surface area contributed by atoms with Gasteiger partial charge < -0.3 is 4.98 Å². The quantitative estimate of drug-likeness (QED) is 0.745. The summed E-state index contributed by atoms with van der Waals surface area (Å²) in [6.07, 6.45) is 4.63. The van der Waals surface area contributed by atoms with Crippen molar-refractivity contribution in [2.75, 3.05) is 13.1 Å². The predicted molar refractivity (Wildman–Crippen MR) is 101 cm³/mol. The zero-order valence-electron chi connectivity index (χ0n) is 13.4. The van der Waals surface area contributed by atoms with Crippen molar-refractivity contribution < 1.29 is 8.42 Å². The second-order valence-corrected chi connectivity index (χ2v) is 8.42. The zero-order chi connectivity index (χ0) is 17.4. The summed E-state index contributed by atoms with van der Waals surface area (Å²) in [5.41, 5.74) is 3.27. The first-order valence-corrected chi connectivity index (χ1v) is 9.89. The second-order valence-electron chi connectivity index (χ2n) is 6.05. The van der Waals surface area contributed by atoms with Gasteiger partial charge in [0.05, 0.1) is 4.90 Å². The van der Waals surface area contributed by atoms with E-state index in [9.17, 15) is 8.42 Å². The Morgan fingerprint density at radius 2 is 1.88 bits per heavy atom. The number of fused-ring (bicyclic) bond motifs is 1. The van der Waals surface area contributed by atoms with Crippen molar-refractivity contribution >= 4 is 38.1 Å². The fourth-order valence-electron chi connectivity index (χ4n) is 3.21. The maximum absolute atomic E-state index is 12.7. The van der Waals surface area contributed by atoms with Crippen LogP contribution in [0.25, 0.3) is 16.5 Å². The van der Waals surface area contributed by atoms with Gasteiger partial charge in [-0.15, -0.1) is 0 Å². The Kier molecular flexibility index (Phi) is 4.15. The lowest BCUT2D eigenvalue weighted by atomic mass is 10.00. The van der Waals surface area contributed by atoms with Crippen LogP contribution in [0.3, 0.4) is 0 Å². The standard InChI is InChI=1S/C19H17ClN2O2S/c20-15-6-7-19-17(12-15)18(13-21-19)14-8-10-22(11-9-14)25(23,24)16-4-2-1-3-5-16/h1-8,12-13,21H,9-11H2. The highest BCUT2D eigenvalue weighted by molar-refractivity contribution is 7.89. The van der Waals surface area contributed by atoms with Gasteiger partial charge in [0, 0.05) is 40.8 Å². The molecule has 2 aromatic carbocycles. The number of hydrogen-bond donors (Lipinski definition) is 1. The van der Waals surface area contributed by atoms with E-state index in [2.05, 4.69) is 4.98 Å². The smallest absolute Gasteiger partial charge is 0.243 e. The van der Waals surface area contributed by atoms with E-state index in [0.29, 0.717) is 29.4 Å². The molecule has 0 bridgehead atoms. The molecule has 25 heavy (non-hydrogen) atoms. The average Bonchev–Trinajstić information content (AvgIpc) is 3.05. The summed E-state index contributed by atoms with van der Waals surface area (Å²) in [5, 5.41) is 1.76. The van der Waals surface area contributed by atoms with Crippen LogP contribution in [0, 0.1) is 0 Å². The van der Waals surface area contributed by atoms with Crippen LogP contribution in [0.1, 0.15) is 12.0 Å². The van der Waals surface area contributed by atoms with Crippen molar-refractivity contribution in [1.82, 2.24) is 9.29 Å². The number of rotatable bonds is 3. The molecule has 0 fully saturated rings. The van der Waals surface area contributed by atoms with Gasteiger partial charge in [0.25, 0.3) is 0 Å². The zero-order valence-corrected chi connectivity index (χ0v) is 15.0. The van der Waals surface area contributed by atoms with Crippen LogP contribution in [0.2, 0.25) is 5.02 Å². The van der Waals surface area contributed by atoms with Gasteiger partial charge >= 0.3 is 0 Å². The van der Waals surface area contributed by atoms with Gasteiger partial charge in [0.15, 0.2) is 0 Å². The topological polar surface area (TPSA) is 53.2 Å². The van der Waals surface area contributed by atoms with Crippen molar-refractivity contribution in [1.29, 1.82) is 0 Å². The summed E-state index contributed by atoms with van der Waals surface area (Å²) in [5.74, 6) is 0. The first-order valence-electron chi connectivity index (χ1n) is 8.07. The Balaban J connectivity index is 1.63. The largest absolute Gasteiger partial charge is 0.361 e. The van der Waals surface area contributed by atoms with Gasteiger partial charge in [0.1, 0.15) is 0 Å². The highest BCUT2D eigenvalue weighted by atomic mass is 35.5. The Bertz CT molecular complexity index is 1060. The van der Waals surface area contributed by atoms with E-state index in [4.69, 9.17) is 11.6 Å². The number of aromatic amines is 1. The fraction of sp³-hybridized carbons (Fsp3) is 0.158. The summed E-state index contributed by atoms with van der Waals surface area (Å²) >= 11 is 6.12. The van der Waals surface area contributed by atoms with E-state index in [1.807, 2.05) is 36.5 Å². The molecule has 1 N–H and O–H groups in total. The monoisotopic (exact) mass is 372 g/mol. The summed E-state index contributed by atoms with van der Waals surface area (Å²) in [7, 11) is -3.44. The third-order valence-corrected chi connectivity index (χ3v) is 6.66. The number of aromatic nitrogens is 1. The Morgan fingerprint density at radius 3 is 2.60 bits per heavy atom. The van der Waals surface area contributed by atoms with Gasteiger partial charge in [-0.05, 0) is 42.3 Å². The van der Waals surface area contributed by atoms with Crippen LogP contribution in [0.5, 0.6) is 0 Å². The highest BCUT2D eigenvalue weighted by Gasteiger charge is 2.26. The molecule has 0 saturated heterocycles. The van der Waals surface area contributed by atoms with Crippen LogP contribution < -0.4 is 0 Å². The van der Waals surface area contributed by atoms with E-state index in [1.54, 1.807) is 24.3 Å². The number of hydrogen-bond acceptors (Lipinski definition) is 2. The fourth-order valence-corrected chi connectivity index (χ4v) is 4.79. The van der Waals surface area contributed by atoms with E-state index in [-0.39, 0.29) is 0 Å². The van der Waals surface area contributed by atoms with Crippen molar-refractivity contribution in [3.8, 4) is 0 Å². The highest BCUT2D eigenvalue weighted by Crippen LogP contribution is 2.32. The molecule has 4 nitrogen and oxygen atoms in total. The summed E-state index contributed by atoms with van der Waals surface area (Å²) < 4.78 is 26.9. The first kappa shape index (κ1) is 16.4. The molecule has 1 aliphatic heterocycles. The lowest BCUT2D eigenvalue weighted by molar-refractivity contribution is 0.441. The molecule has 0 saturated carbocycles. The number of sulfonamides is 1. The van der Waals surface area contributed by atoms with Crippen molar-refractivity contribution in [3.05, 3.63) is 71.4 Å². The van der Waals surface area contributed by atoms with E-state index in [1.165, 1.54) is 4.31 Å². The number of halogens is 1. The lowest BCUT2D eigenvalue weighted by Crippen LogP contribution is -2.34. The third-order valence-electron chi connectivity index (χ3n) is 4.54. The number of nitrogens with one attached hydrogen (secondary N) is 1. The molecule has 0 amide bonds. The maximum Gasteiger partial charge on any atom is 0.243 e. The molecule has 128 valence electrons. The van der Waals surface area contributed by atoms with E-state index >= 15 is 0 Å². The molecular weight excluding hydrogens is 356 g/mol. The minimum Gasteiger partial charge on any atom is -0.361 e. The third kappa shape index (κ3) is 2.99. The van der Waals surface area contributed by atoms with E-state index in [0.717, 1.165) is 22.0 Å². The predicted octanol–water partition coefficient (Wildman–Crippen LogP) is 4.30. The normalized spacial score (nSPS) is 16.1. The Morgan fingerprint density at radius 1 is 1.08 bits per heavy atom. The molecule has 0 aliphatic carbocycles. The van der Waals surface area contributed by atoms with E-state index < -0.39 is 10.0 Å². The molecule has 6 heteroatoms. The Hall–Kier alpha value is -2.08. The van der Waals surface area contributed by atoms with Crippen molar-refractivity contribution in [2.45, 2.75) is 11.3 Å². The maximum atomic E-state index is 12.7. The molecule has 1 aliphatic rings. The molecule has 0 spiro atoms. The molecule has 3 aromatic rings. The molecule has 0 atom stereocenters. The van der Waals surface area contributed by atoms with Crippen LogP contribution in [-0.4, -0.2) is 30.8 Å². The van der Waals surface area contributed by atoms with Crippen LogP contribution in [-0.2, 0) is 10.0 Å². The minimum atomic E-state index is -3.44. The average molecular weight is 373 g/mol. The Labute approximate surface area is 151 Å². The van der Waals surface area contributed by atoms with Crippen molar-refractivity contribution in [3.63, 3.8) is 0 Å². The molecule has 4 rings (SSSR count). The number of H-pyrrole nitrogens is 1. The molecule has 1 aromatic heterocycles. The molecular formula is C19H17ClN2O2S. The van der Waals surface area contributed by atoms with Crippen LogP contribution in [0.4, 0.5) is 0 Å². The molecule has 2 heterocycles. The number of nitrogens with zero attached hydrogens (tertiary/aromatic N) is 1. The van der Waals surface area contributed by atoms with Gasteiger partial charge in [0.2, 0.25) is 10.0 Å². The van der Waals surface area contributed by atoms with Crippen LogP contribution in [0.15, 0.2) is 65.7 Å². The van der Waals surface area contributed by atoms with Crippen molar-refractivity contribution in [2.24, 2.45) is 0 Å². The molecule has 0 radical (unpaired) electrons. The van der Waals surface area contributed by atoms with Gasteiger partial charge in [-0.25, -0.2) is 8.42 Å². The van der Waals surface area contributed by atoms with Gasteiger partial charge in [-0.2, -0.15) is 4.31 Å². The first-order chi connectivity index (χ1) is 12.1. The minimum absolute atomic E-state index is 0.339. The molecule has 0 unspecified atom stereocenters.